The van der Waals surface area contributed by atoms with E-state index in [0.29, 0.717) is 10.7 Å². The SMILES string of the molecule is O=C(Nc1ccc(Cl)cc1)O[C@@H]1CS(=O)(=O)C[C@@H]1N1CCCC1. The molecule has 0 aliphatic carbocycles. The second-order valence-corrected chi connectivity index (χ2v) is 8.55. The Labute approximate surface area is 140 Å². The number of ether oxygens (including phenoxy) is 1. The first-order chi connectivity index (χ1) is 10.9. The van der Waals surface area contributed by atoms with E-state index in [-0.39, 0.29) is 17.5 Å². The molecule has 2 heterocycles. The summed E-state index contributed by atoms with van der Waals surface area (Å²) in [5.41, 5.74) is 0.554. The molecule has 0 bridgehead atoms. The third-order valence-corrected chi connectivity index (χ3v) is 6.17. The molecule has 8 heteroatoms. The quantitative estimate of drug-likeness (QED) is 0.896. The number of anilines is 1. The summed E-state index contributed by atoms with van der Waals surface area (Å²) >= 11 is 5.79. The van der Waals surface area contributed by atoms with Crippen molar-refractivity contribution in [3.05, 3.63) is 29.3 Å². The number of carbonyl (C=O) groups is 1. The first kappa shape index (κ1) is 16.5. The lowest BCUT2D eigenvalue weighted by molar-refractivity contribution is 0.0706. The largest absolute Gasteiger partial charge is 0.443 e. The summed E-state index contributed by atoms with van der Waals surface area (Å²) in [6, 6.07) is 6.40. The fourth-order valence-corrected chi connectivity index (χ4v) is 5.14. The van der Waals surface area contributed by atoms with Crippen LogP contribution in [0.15, 0.2) is 24.3 Å². The van der Waals surface area contributed by atoms with E-state index in [1.165, 1.54) is 0 Å². The third kappa shape index (κ3) is 4.16. The molecule has 23 heavy (non-hydrogen) atoms. The topological polar surface area (TPSA) is 75.7 Å². The van der Waals surface area contributed by atoms with Gasteiger partial charge in [0.1, 0.15) is 6.10 Å². The highest BCUT2D eigenvalue weighted by atomic mass is 35.5. The Morgan fingerprint density at radius 1 is 1.17 bits per heavy atom. The van der Waals surface area contributed by atoms with Crippen LogP contribution >= 0.6 is 11.6 Å². The van der Waals surface area contributed by atoms with E-state index in [4.69, 9.17) is 16.3 Å². The van der Waals surface area contributed by atoms with Crippen molar-refractivity contribution < 1.29 is 17.9 Å². The van der Waals surface area contributed by atoms with E-state index in [2.05, 4.69) is 10.2 Å². The number of halogens is 1. The lowest BCUT2D eigenvalue weighted by atomic mass is 10.2. The van der Waals surface area contributed by atoms with Gasteiger partial charge in [0, 0.05) is 10.7 Å². The van der Waals surface area contributed by atoms with Gasteiger partial charge in [-0.15, -0.1) is 0 Å². The number of hydrogen-bond acceptors (Lipinski definition) is 5. The smallest absolute Gasteiger partial charge is 0.411 e. The van der Waals surface area contributed by atoms with Crippen LogP contribution in [0.4, 0.5) is 10.5 Å². The molecule has 0 saturated carbocycles. The second kappa shape index (κ2) is 6.67. The van der Waals surface area contributed by atoms with Gasteiger partial charge < -0.3 is 4.74 Å². The van der Waals surface area contributed by atoms with Crippen molar-refractivity contribution in [1.29, 1.82) is 0 Å². The van der Waals surface area contributed by atoms with Crippen LogP contribution in [0.3, 0.4) is 0 Å². The van der Waals surface area contributed by atoms with Crippen LogP contribution < -0.4 is 5.32 Å². The Hall–Kier alpha value is -1.31. The van der Waals surface area contributed by atoms with E-state index in [9.17, 15) is 13.2 Å². The van der Waals surface area contributed by atoms with Gasteiger partial charge in [-0.1, -0.05) is 11.6 Å². The zero-order valence-electron chi connectivity index (χ0n) is 12.6. The zero-order valence-corrected chi connectivity index (χ0v) is 14.1. The van der Waals surface area contributed by atoms with Gasteiger partial charge >= 0.3 is 6.09 Å². The number of sulfone groups is 1. The highest BCUT2D eigenvalue weighted by Gasteiger charge is 2.43. The normalized spacial score (nSPS) is 27.0. The predicted molar refractivity (Wildman–Crippen MR) is 88.6 cm³/mol. The zero-order chi connectivity index (χ0) is 16.4. The van der Waals surface area contributed by atoms with Gasteiger partial charge in [-0.25, -0.2) is 13.2 Å². The maximum Gasteiger partial charge on any atom is 0.411 e. The number of benzene rings is 1. The van der Waals surface area contributed by atoms with Gasteiger partial charge in [0.05, 0.1) is 17.5 Å². The summed E-state index contributed by atoms with van der Waals surface area (Å²) in [5, 5.41) is 3.17. The van der Waals surface area contributed by atoms with Crippen LogP contribution in [0.25, 0.3) is 0 Å². The fourth-order valence-electron chi connectivity index (χ4n) is 3.14. The highest BCUT2D eigenvalue weighted by Crippen LogP contribution is 2.25. The van der Waals surface area contributed by atoms with Crippen LogP contribution in [0, 0.1) is 0 Å². The van der Waals surface area contributed by atoms with Gasteiger partial charge in [-0.05, 0) is 50.2 Å². The molecular weight excluding hydrogens is 340 g/mol. The summed E-state index contributed by atoms with van der Waals surface area (Å²) in [6.45, 7) is 1.72. The molecule has 2 saturated heterocycles. The molecular formula is C15H19ClN2O4S. The van der Waals surface area contributed by atoms with Crippen LogP contribution in [-0.4, -0.2) is 56.2 Å². The number of hydrogen-bond donors (Lipinski definition) is 1. The molecule has 1 amide bonds. The minimum absolute atomic E-state index is 0.0614. The minimum atomic E-state index is -3.17. The molecule has 2 atom stereocenters. The molecule has 0 aromatic heterocycles. The Bertz CT molecular complexity index is 671. The molecule has 1 aromatic carbocycles. The van der Waals surface area contributed by atoms with Crippen molar-refractivity contribution in [3.63, 3.8) is 0 Å². The molecule has 6 nitrogen and oxygen atoms in total. The van der Waals surface area contributed by atoms with Crippen molar-refractivity contribution in [3.8, 4) is 0 Å². The lowest BCUT2D eigenvalue weighted by Gasteiger charge is -2.27. The number of amides is 1. The van der Waals surface area contributed by atoms with Crippen molar-refractivity contribution in [2.45, 2.75) is 25.0 Å². The summed E-state index contributed by atoms with van der Waals surface area (Å²) in [5.74, 6) is -0.0475. The Kier molecular flexibility index (Phi) is 4.79. The molecule has 2 aliphatic rings. The van der Waals surface area contributed by atoms with Gasteiger partial charge in [-0.3, -0.25) is 10.2 Å². The number of likely N-dealkylation sites (tertiary alicyclic amines) is 1. The molecule has 1 N–H and O–H groups in total. The average Bonchev–Trinajstić information content (AvgIpc) is 3.09. The number of rotatable bonds is 3. The number of nitrogens with zero attached hydrogens (tertiary/aromatic N) is 1. The fraction of sp³-hybridized carbons (Fsp3) is 0.533. The molecule has 126 valence electrons. The van der Waals surface area contributed by atoms with Gasteiger partial charge in [0.25, 0.3) is 0 Å². The van der Waals surface area contributed by atoms with Crippen molar-refractivity contribution in [2.24, 2.45) is 0 Å². The van der Waals surface area contributed by atoms with Crippen molar-refractivity contribution >= 4 is 33.2 Å². The summed E-state index contributed by atoms with van der Waals surface area (Å²) in [4.78, 5) is 14.2. The molecule has 3 rings (SSSR count). The summed E-state index contributed by atoms with van der Waals surface area (Å²) in [6.07, 6.45) is 0.851. The summed E-state index contributed by atoms with van der Waals surface area (Å²) in [7, 11) is -3.17. The number of nitrogens with one attached hydrogen (secondary N) is 1. The molecule has 0 spiro atoms. The highest BCUT2D eigenvalue weighted by molar-refractivity contribution is 7.91. The molecule has 1 aromatic rings. The van der Waals surface area contributed by atoms with E-state index >= 15 is 0 Å². The van der Waals surface area contributed by atoms with Crippen LogP contribution in [0.1, 0.15) is 12.8 Å². The van der Waals surface area contributed by atoms with E-state index in [0.717, 1.165) is 25.9 Å². The van der Waals surface area contributed by atoms with E-state index in [1.807, 2.05) is 0 Å². The minimum Gasteiger partial charge on any atom is -0.443 e. The molecule has 2 fully saturated rings. The van der Waals surface area contributed by atoms with E-state index in [1.54, 1.807) is 24.3 Å². The maximum atomic E-state index is 12.0. The van der Waals surface area contributed by atoms with Crippen molar-refractivity contribution in [1.82, 2.24) is 4.90 Å². The van der Waals surface area contributed by atoms with Gasteiger partial charge in [0.2, 0.25) is 0 Å². The van der Waals surface area contributed by atoms with Gasteiger partial charge in [-0.2, -0.15) is 0 Å². The van der Waals surface area contributed by atoms with E-state index < -0.39 is 22.0 Å². The first-order valence-electron chi connectivity index (χ1n) is 7.61. The van der Waals surface area contributed by atoms with Crippen LogP contribution in [0.2, 0.25) is 5.02 Å². The van der Waals surface area contributed by atoms with Crippen LogP contribution in [0.5, 0.6) is 0 Å². The monoisotopic (exact) mass is 358 g/mol. The van der Waals surface area contributed by atoms with Gasteiger partial charge in [0.15, 0.2) is 9.84 Å². The van der Waals surface area contributed by atoms with Crippen LogP contribution in [-0.2, 0) is 14.6 Å². The summed E-state index contributed by atoms with van der Waals surface area (Å²) < 4.78 is 29.3. The third-order valence-electron chi connectivity index (χ3n) is 4.23. The molecule has 0 radical (unpaired) electrons. The maximum absolute atomic E-state index is 12.0. The average molecular weight is 359 g/mol. The Morgan fingerprint density at radius 2 is 1.83 bits per heavy atom. The Balaban J connectivity index is 1.64. The number of carbonyl (C=O) groups excluding carboxylic acids is 1. The first-order valence-corrected chi connectivity index (χ1v) is 9.80. The van der Waals surface area contributed by atoms with Crippen molar-refractivity contribution in [2.75, 3.05) is 29.9 Å². The predicted octanol–water partition coefficient (Wildman–Crippen LogP) is 2.15. The Morgan fingerprint density at radius 3 is 2.48 bits per heavy atom. The molecule has 2 aliphatic heterocycles. The second-order valence-electron chi connectivity index (χ2n) is 5.96. The molecule has 0 unspecified atom stereocenters. The lowest BCUT2D eigenvalue weighted by Crippen LogP contribution is -2.43. The standard InChI is InChI=1S/C15H19ClN2O4S/c16-11-3-5-12(6-4-11)17-15(19)22-14-10-23(20,21)9-13(14)18-7-1-2-8-18/h3-6,13-14H,1-2,7-10H2,(H,17,19)/t13-,14+/m0/s1.